The molecule has 5 fully saturated rings. The second-order valence-electron chi connectivity index (χ2n) is 12.1. The average Bonchev–Trinajstić information content (AvgIpc) is 3.34. The summed E-state index contributed by atoms with van der Waals surface area (Å²) in [6.45, 7) is 15.6. The Hall–Kier alpha value is 0.880. The van der Waals surface area contributed by atoms with Gasteiger partial charge in [0.25, 0.3) is 0 Å². The number of fused-ring (bicyclic) bond motifs is 4. The maximum absolute atomic E-state index is 6.94. The molecule has 4 bridgehead atoms. The predicted octanol–water partition coefficient (Wildman–Crippen LogP) is 6.81. The second-order valence-corrected chi connectivity index (χ2v) is 18.4. The molecule has 5 rings (SSSR count). The lowest BCUT2D eigenvalue weighted by molar-refractivity contribution is 0.00155. The van der Waals surface area contributed by atoms with Crippen LogP contribution in [0.4, 0.5) is 0 Å². The molecule has 0 spiro atoms. The van der Waals surface area contributed by atoms with E-state index in [0.29, 0.717) is 16.9 Å². The molecule has 7 atom stereocenters. The summed E-state index contributed by atoms with van der Waals surface area (Å²) in [6.07, 6.45) is 8.36. The molecule has 0 aromatic carbocycles. The first kappa shape index (κ1) is 21.7. The Morgan fingerprint density at radius 2 is 1.34 bits per heavy atom. The third-order valence-corrected chi connectivity index (χ3v) is 16.0. The largest absolute Gasteiger partial charge is 0.372 e. The van der Waals surface area contributed by atoms with Gasteiger partial charge in [-0.15, -0.1) is 0 Å². The molecule has 4 aliphatic carbocycles. The number of hydrogen-bond donors (Lipinski definition) is 0. The summed E-state index contributed by atoms with van der Waals surface area (Å²) in [5, 5.41) is 0. The van der Waals surface area contributed by atoms with E-state index >= 15 is 0 Å². The second kappa shape index (κ2) is 6.70. The standard InChI is InChI=1S/C23H39O3PS2/c1-20(2)15-7-9-22(20,5)18(11-15)25-27(28,29-14-17-13-24-17)26-19-12-16-8-10-23(19,6)21(16,3)4/h15-19H,7-14H2,1-6H3/t15-,16-,17?,18+,19+,22+,23+/m0/s1. The van der Waals surface area contributed by atoms with Gasteiger partial charge in [0.05, 0.1) is 24.9 Å². The lowest BCUT2D eigenvalue weighted by atomic mass is 9.70. The van der Waals surface area contributed by atoms with E-state index in [9.17, 15) is 0 Å². The van der Waals surface area contributed by atoms with E-state index in [2.05, 4.69) is 41.5 Å². The van der Waals surface area contributed by atoms with Crippen LogP contribution < -0.4 is 0 Å². The maximum Gasteiger partial charge on any atom is 0.248 e. The van der Waals surface area contributed by atoms with Gasteiger partial charge in [0.15, 0.2) is 0 Å². The molecule has 29 heavy (non-hydrogen) atoms. The topological polar surface area (TPSA) is 31.0 Å². The smallest absolute Gasteiger partial charge is 0.248 e. The van der Waals surface area contributed by atoms with E-state index in [1.165, 1.54) is 25.7 Å². The third-order valence-electron chi connectivity index (χ3n) is 10.8. The Morgan fingerprint density at radius 1 is 0.897 bits per heavy atom. The first-order valence-corrected chi connectivity index (χ1v) is 15.9. The van der Waals surface area contributed by atoms with Crippen molar-refractivity contribution < 1.29 is 13.8 Å². The van der Waals surface area contributed by atoms with Crippen molar-refractivity contribution in [2.45, 2.75) is 98.4 Å². The van der Waals surface area contributed by atoms with Gasteiger partial charge in [0.1, 0.15) is 0 Å². The van der Waals surface area contributed by atoms with E-state index in [-0.39, 0.29) is 23.0 Å². The van der Waals surface area contributed by atoms with E-state index in [1.54, 1.807) is 11.4 Å². The molecule has 1 aliphatic heterocycles. The molecule has 0 amide bonds. The van der Waals surface area contributed by atoms with Crippen LogP contribution in [0.3, 0.4) is 0 Å². The fourth-order valence-electron chi connectivity index (χ4n) is 7.32. The fourth-order valence-corrected chi connectivity index (χ4v) is 12.5. The summed E-state index contributed by atoms with van der Waals surface area (Å²) in [4.78, 5) is 0. The van der Waals surface area contributed by atoms with Crippen molar-refractivity contribution in [3.05, 3.63) is 0 Å². The molecule has 4 saturated carbocycles. The van der Waals surface area contributed by atoms with Crippen molar-refractivity contribution in [3.63, 3.8) is 0 Å². The molecule has 3 nitrogen and oxygen atoms in total. The lowest BCUT2D eigenvalue weighted by Gasteiger charge is -2.43. The molecule has 6 heteroatoms. The highest BCUT2D eigenvalue weighted by Gasteiger charge is 2.65. The third kappa shape index (κ3) is 3.11. The summed E-state index contributed by atoms with van der Waals surface area (Å²) < 4.78 is 19.4. The summed E-state index contributed by atoms with van der Waals surface area (Å²) in [5.41, 5.74) is -1.30. The van der Waals surface area contributed by atoms with Crippen molar-refractivity contribution in [1.29, 1.82) is 0 Å². The first-order chi connectivity index (χ1) is 13.4. The van der Waals surface area contributed by atoms with Crippen LogP contribution in [0.2, 0.25) is 0 Å². The molecule has 5 aliphatic rings. The molecular formula is C23H39O3PS2. The van der Waals surface area contributed by atoms with Crippen LogP contribution in [-0.4, -0.2) is 30.7 Å². The van der Waals surface area contributed by atoms with E-state index < -0.39 is 5.69 Å². The molecule has 0 N–H and O–H groups in total. The van der Waals surface area contributed by atoms with Crippen LogP contribution in [0, 0.1) is 33.5 Å². The summed E-state index contributed by atoms with van der Waals surface area (Å²) in [7, 11) is 0. The zero-order valence-corrected chi connectivity index (χ0v) is 21.6. The van der Waals surface area contributed by atoms with Crippen molar-refractivity contribution in [3.8, 4) is 0 Å². The van der Waals surface area contributed by atoms with Gasteiger partial charge in [-0.05, 0) is 83.8 Å². The molecule has 0 aromatic heterocycles. The Kier molecular flexibility index (Phi) is 5.02. The van der Waals surface area contributed by atoms with E-state index in [0.717, 1.165) is 37.0 Å². The maximum atomic E-state index is 6.94. The highest BCUT2D eigenvalue weighted by Crippen LogP contribution is 2.75. The van der Waals surface area contributed by atoms with Gasteiger partial charge in [-0.3, -0.25) is 0 Å². The van der Waals surface area contributed by atoms with Gasteiger partial charge < -0.3 is 13.8 Å². The van der Waals surface area contributed by atoms with Crippen LogP contribution in [-0.2, 0) is 25.6 Å². The lowest BCUT2D eigenvalue weighted by Crippen LogP contribution is -2.38. The first-order valence-electron chi connectivity index (χ1n) is 11.6. The fraction of sp³-hybridized carbons (Fsp3) is 1.00. The van der Waals surface area contributed by atoms with Gasteiger partial charge in [0, 0.05) is 5.75 Å². The summed E-state index contributed by atoms with van der Waals surface area (Å²) >= 11 is 8.05. The minimum atomic E-state index is -2.42. The van der Waals surface area contributed by atoms with Gasteiger partial charge in [0.2, 0.25) is 5.69 Å². The molecule has 1 heterocycles. The zero-order chi connectivity index (χ0) is 20.9. The minimum absolute atomic E-state index is 0.222. The molecule has 1 saturated heterocycles. The molecule has 0 aromatic rings. The highest BCUT2D eigenvalue weighted by molar-refractivity contribution is 8.67. The van der Waals surface area contributed by atoms with Crippen LogP contribution in [0.15, 0.2) is 0 Å². The number of epoxide rings is 1. The SMILES string of the molecule is CC1(C)[C@H]2CC[C@]1(C)[C@H](OP(=S)(O[C@@H]1C[C@@H]3CC[C@@]1(C)C3(C)C)SCC1CO1)C2. The zero-order valence-electron chi connectivity index (χ0n) is 19.0. The van der Waals surface area contributed by atoms with Crippen LogP contribution >= 0.6 is 17.1 Å². The molecule has 1 unspecified atom stereocenters. The normalized spacial score (nSPS) is 49.1. The Morgan fingerprint density at radius 3 is 1.66 bits per heavy atom. The number of rotatable bonds is 7. The van der Waals surface area contributed by atoms with Crippen LogP contribution in [0.1, 0.15) is 80.1 Å². The van der Waals surface area contributed by atoms with E-state index in [1.807, 2.05) is 0 Å². The van der Waals surface area contributed by atoms with Crippen molar-refractivity contribution in [2.75, 3.05) is 12.4 Å². The quantitative estimate of drug-likeness (QED) is 0.309. The van der Waals surface area contributed by atoms with Gasteiger partial charge in [-0.1, -0.05) is 52.9 Å². The van der Waals surface area contributed by atoms with Gasteiger partial charge in [-0.2, -0.15) is 0 Å². The average molecular weight is 459 g/mol. The van der Waals surface area contributed by atoms with Crippen molar-refractivity contribution in [2.24, 2.45) is 33.5 Å². The van der Waals surface area contributed by atoms with Gasteiger partial charge in [-0.25, -0.2) is 0 Å². The molecular weight excluding hydrogens is 419 g/mol. The van der Waals surface area contributed by atoms with Gasteiger partial charge >= 0.3 is 0 Å². The van der Waals surface area contributed by atoms with Crippen LogP contribution in [0.25, 0.3) is 0 Å². The van der Waals surface area contributed by atoms with Crippen LogP contribution in [0.5, 0.6) is 0 Å². The molecule has 166 valence electrons. The Bertz CT molecular complexity index is 686. The summed E-state index contributed by atoms with van der Waals surface area (Å²) in [5.74, 6) is 2.44. The number of hydrogen-bond acceptors (Lipinski definition) is 5. The predicted molar refractivity (Wildman–Crippen MR) is 125 cm³/mol. The number of ether oxygens (including phenoxy) is 1. The van der Waals surface area contributed by atoms with Crippen molar-refractivity contribution >= 4 is 28.9 Å². The molecule has 0 radical (unpaired) electrons. The van der Waals surface area contributed by atoms with E-state index in [4.69, 9.17) is 25.6 Å². The minimum Gasteiger partial charge on any atom is -0.372 e. The monoisotopic (exact) mass is 458 g/mol. The Balaban J connectivity index is 1.37. The highest BCUT2D eigenvalue weighted by atomic mass is 32.9. The van der Waals surface area contributed by atoms with Crippen molar-refractivity contribution in [1.82, 2.24) is 0 Å². The summed E-state index contributed by atoms with van der Waals surface area (Å²) in [6, 6.07) is 0. The Labute approximate surface area is 186 Å².